The van der Waals surface area contributed by atoms with Gasteiger partial charge in [0.05, 0.1) is 6.04 Å². The topological polar surface area (TPSA) is 32.3 Å². The lowest BCUT2D eigenvalue weighted by Crippen LogP contribution is -2.32. The van der Waals surface area contributed by atoms with Gasteiger partial charge in [-0.05, 0) is 36.5 Å². The summed E-state index contributed by atoms with van der Waals surface area (Å²) in [7, 11) is 0. The first-order valence-electron chi connectivity index (χ1n) is 7.85. The zero-order valence-electron chi connectivity index (χ0n) is 13.1. The van der Waals surface area contributed by atoms with Gasteiger partial charge in [0.2, 0.25) is 5.91 Å². The molecule has 1 heterocycles. The zero-order valence-corrected chi connectivity index (χ0v) is 13.9. The molecule has 2 rings (SSSR count). The van der Waals surface area contributed by atoms with Gasteiger partial charge >= 0.3 is 0 Å². The fraction of sp³-hybridized carbons (Fsp3) is 0.588. The average Bonchev–Trinajstić information content (AvgIpc) is 2.74. The number of unbranched alkanes of at least 4 members (excludes halogenated alkanes) is 1. The predicted molar refractivity (Wildman–Crippen MR) is 87.2 cm³/mol. The number of amides is 1. The smallest absolute Gasteiger partial charge is 0.241 e. The van der Waals surface area contributed by atoms with E-state index in [9.17, 15) is 4.79 Å². The molecule has 0 radical (unpaired) electrons. The Balaban J connectivity index is 2.19. The van der Waals surface area contributed by atoms with Crippen LogP contribution in [0.25, 0.3) is 0 Å². The van der Waals surface area contributed by atoms with E-state index in [1.165, 1.54) is 0 Å². The normalized spacial score (nSPS) is 22.3. The van der Waals surface area contributed by atoms with Gasteiger partial charge in [-0.2, -0.15) is 0 Å². The van der Waals surface area contributed by atoms with Crippen molar-refractivity contribution in [1.82, 2.24) is 10.2 Å². The van der Waals surface area contributed by atoms with Crippen molar-refractivity contribution >= 4 is 17.5 Å². The maximum Gasteiger partial charge on any atom is 0.241 e. The highest BCUT2D eigenvalue weighted by molar-refractivity contribution is 6.30. The van der Waals surface area contributed by atoms with Crippen LogP contribution >= 0.6 is 11.6 Å². The van der Waals surface area contributed by atoms with Crippen molar-refractivity contribution in [2.24, 2.45) is 5.92 Å². The lowest BCUT2D eigenvalue weighted by molar-refractivity contribution is -0.130. The second-order valence-corrected chi connectivity index (χ2v) is 6.62. The molecule has 4 heteroatoms. The zero-order chi connectivity index (χ0) is 15.4. The molecule has 0 spiro atoms. The van der Waals surface area contributed by atoms with Crippen LogP contribution in [0.5, 0.6) is 0 Å². The molecular weight excluding hydrogens is 284 g/mol. The van der Waals surface area contributed by atoms with Crippen LogP contribution in [-0.2, 0) is 4.79 Å². The molecule has 0 aromatic heterocycles. The summed E-state index contributed by atoms with van der Waals surface area (Å²) in [5.74, 6) is 0.737. The Hall–Kier alpha value is -1.06. The highest BCUT2D eigenvalue weighted by Crippen LogP contribution is 2.28. The van der Waals surface area contributed by atoms with E-state index < -0.39 is 0 Å². The van der Waals surface area contributed by atoms with Crippen LogP contribution in [0.15, 0.2) is 24.3 Å². The van der Waals surface area contributed by atoms with Gasteiger partial charge < -0.3 is 4.90 Å². The molecule has 116 valence electrons. The predicted octanol–water partition coefficient (Wildman–Crippen LogP) is 3.99. The SMILES string of the molecule is CCCCN1C(=O)C(CC(C)C)NC1c1ccc(Cl)cc1. The van der Waals surface area contributed by atoms with Crippen molar-refractivity contribution < 1.29 is 4.79 Å². The molecule has 2 atom stereocenters. The maximum absolute atomic E-state index is 12.6. The third-order valence-electron chi connectivity index (χ3n) is 3.90. The average molecular weight is 309 g/mol. The lowest BCUT2D eigenvalue weighted by atomic mass is 10.0. The Morgan fingerprint density at radius 1 is 1.29 bits per heavy atom. The number of hydrogen-bond acceptors (Lipinski definition) is 2. The van der Waals surface area contributed by atoms with Crippen LogP contribution in [-0.4, -0.2) is 23.4 Å². The molecule has 2 unspecified atom stereocenters. The molecule has 0 bridgehead atoms. The molecule has 0 aliphatic carbocycles. The van der Waals surface area contributed by atoms with Crippen LogP contribution < -0.4 is 5.32 Å². The van der Waals surface area contributed by atoms with E-state index in [4.69, 9.17) is 11.6 Å². The van der Waals surface area contributed by atoms with E-state index in [0.29, 0.717) is 5.92 Å². The summed E-state index contributed by atoms with van der Waals surface area (Å²) in [6.07, 6.45) is 2.98. The first-order valence-corrected chi connectivity index (χ1v) is 8.22. The van der Waals surface area contributed by atoms with Crippen molar-refractivity contribution in [3.8, 4) is 0 Å². The molecule has 0 saturated carbocycles. The molecule has 1 amide bonds. The van der Waals surface area contributed by atoms with Crippen molar-refractivity contribution in [1.29, 1.82) is 0 Å². The number of hydrogen-bond donors (Lipinski definition) is 1. The van der Waals surface area contributed by atoms with E-state index in [1.807, 2.05) is 29.2 Å². The number of nitrogens with one attached hydrogen (secondary N) is 1. The first-order chi connectivity index (χ1) is 10.0. The van der Waals surface area contributed by atoms with Crippen LogP contribution in [0.2, 0.25) is 5.02 Å². The van der Waals surface area contributed by atoms with Crippen molar-refractivity contribution in [2.45, 2.75) is 52.2 Å². The van der Waals surface area contributed by atoms with E-state index in [2.05, 4.69) is 26.1 Å². The fourth-order valence-electron chi connectivity index (χ4n) is 2.81. The minimum atomic E-state index is -0.0671. The number of carbonyl (C=O) groups excluding carboxylic acids is 1. The van der Waals surface area contributed by atoms with E-state index >= 15 is 0 Å². The molecule has 3 nitrogen and oxygen atoms in total. The highest BCUT2D eigenvalue weighted by Gasteiger charge is 2.39. The van der Waals surface area contributed by atoms with Gasteiger partial charge in [0.1, 0.15) is 6.17 Å². The molecule has 1 saturated heterocycles. The highest BCUT2D eigenvalue weighted by atomic mass is 35.5. The Kier molecular flexibility index (Phi) is 5.65. The van der Waals surface area contributed by atoms with Gasteiger partial charge in [-0.3, -0.25) is 10.1 Å². The first kappa shape index (κ1) is 16.3. The quantitative estimate of drug-likeness (QED) is 0.862. The van der Waals surface area contributed by atoms with E-state index in [1.54, 1.807) is 0 Å². The minimum absolute atomic E-state index is 0.0231. The Morgan fingerprint density at radius 3 is 2.52 bits per heavy atom. The Labute approximate surface area is 132 Å². The van der Waals surface area contributed by atoms with Crippen LogP contribution in [0, 0.1) is 5.92 Å². The second-order valence-electron chi connectivity index (χ2n) is 6.19. The molecule has 1 N–H and O–H groups in total. The van der Waals surface area contributed by atoms with Crippen LogP contribution in [0.4, 0.5) is 0 Å². The fourth-order valence-corrected chi connectivity index (χ4v) is 2.93. The standard InChI is InChI=1S/C17H25ClN2O/c1-4-5-10-20-16(13-6-8-14(18)9-7-13)19-15(17(20)21)11-12(2)3/h6-9,12,15-16,19H,4-5,10-11H2,1-3H3. The number of nitrogens with zero attached hydrogens (tertiary/aromatic N) is 1. The number of carbonyl (C=O) groups is 1. The number of halogens is 1. The summed E-state index contributed by atoms with van der Waals surface area (Å²) in [6.45, 7) is 7.27. The molecule has 21 heavy (non-hydrogen) atoms. The molecule has 1 aromatic rings. The van der Waals surface area contributed by atoms with Crippen molar-refractivity contribution in [3.63, 3.8) is 0 Å². The molecule has 1 aliphatic rings. The summed E-state index contributed by atoms with van der Waals surface area (Å²) in [4.78, 5) is 14.6. The summed E-state index contributed by atoms with van der Waals surface area (Å²) in [6, 6.07) is 7.71. The molecule has 1 fully saturated rings. The number of benzene rings is 1. The van der Waals surface area contributed by atoms with Gasteiger partial charge in [0, 0.05) is 11.6 Å². The molecule has 1 aliphatic heterocycles. The molecular formula is C17H25ClN2O. The third-order valence-corrected chi connectivity index (χ3v) is 4.15. The van der Waals surface area contributed by atoms with Crippen LogP contribution in [0.1, 0.15) is 51.8 Å². The van der Waals surface area contributed by atoms with Gasteiger partial charge in [0.25, 0.3) is 0 Å². The maximum atomic E-state index is 12.6. The Morgan fingerprint density at radius 2 is 1.95 bits per heavy atom. The van der Waals surface area contributed by atoms with E-state index in [-0.39, 0.29) is 18.1 Å². The summed E-state index contributed by atoms with van der Waals surface area (Å²) < 4.78 is 0. The van der Waals surface area contributed by atoms with Crippen LogP contribution in [0.3, 0.4) is 0 Å². The summed E-state index contributed by atoms with van der Waals surface area (Å²) in [5, 5.41) is 4.22. The van der Waals surface area contributed by atoms with E-state index in [0.717, 1.165) is 36.4 Å². The van der Waals surface area contributed by atoms with Gasteiger partial charge in [-0.15, -0.1) is 0 Å². The van der Waals surface area contributed by atoms with Gasteiger partial charge in [-0.25, -0.2) is 0 Å². The lowest BCUT2D eigenvalue weighted by Gasteiger charge is -2.24. The van der Waals surface area contributed by atoms with Gasteiger partial charge in [0.15, 0.2) is 0 Å². The second kappa shape index (κ2) is 7.28. The van der Waals surface area contributed by atoms with Crippen molar-refractivity contribution in [2.75, 3.05) is 6.54 Å². The minimum Gasteiger partial charge on any atom is -0.322 e. The third kappa shape index (κ3) is 3.98. The Bertz CT molecular complexity index is 472. The monoisotopic (exact) mass is 308 g/mol. The van der Waals surface area contributed by atoms with Crippen molar-refractivity contribution in [3.05, 3.63) is 34.9 Å². The van der Waals surface area contributed by atoms with Gasteiger partial charge in [-0.1, -0.05) is 50.9 Å². The summed E-state index contributed by atoms with van der Waals surface area (Å²) in [5.41, 5.74) is 1.11. The largest absolute Gasteiger partial charge is 0.322 e. The summed E-state index contributed by atoms with van der Waals surface area (Å²) >= 11 is 5.96. The number of rotatable bonds is 6. The molecule has 1 aromatic carbocycles.